The summed E-state index contributed by atoms with van der Waals surface area (Å²) in [6.45, 7) is 11.0. The van der Waals surface area contributed by atoms with E-state index in [0.29, 0.717) is 22.6 Å². The number of urea groups is 1. The molecular weight excluding hydrogens is 534 g/mol. The molecular formula is C33H45N3O6. The molecule has 3 N–H and O–H groups in total. The van der Waals surface area contributed by atoms with Crippen LogP contribution >= 0.6 is 0 Å². The molecule has 0 spiro atoms. The smallest absolute Gasteiger partial charge is 0.325 e. The first kappa shape index (κ1) is 30.5. The van der Waals surface area contributed by atoms with Crippen LogP contribution in [0, 0.1) is 10.8 Å². The molecule has 2 bridgehead atoms. The number of hydrogen-bond acceptors (Lipinski definition) is 7. The lowest BCUT2D eigenvalue weighted by molar-refractivity contribution is -0.253. The van der Waals surface area contributed by atoms with E-state index in [1.54, 1.807) is 19.1 Å². The van der Waals surface area contributed by atoms with Crippen molar-refractivity contribution in [2.75, 3.05) is 31.6 Å². The number of ether oxygens (including phenoxy) is 3. The van der Waals surface area contributed by atoms with E-state index in [-0.39, 0.29) is 32.0 Å². The fourth-order valence-corrected chi connectivity index (χ4v) is 7.35. The molecule has 2 saturated heterocycles. The van der Waals surface area contributed by atoms with Crippen molar-refractivity contribution < 1.29 is 28.9 Å². The monoisotopic (exact) mass is 579 g/mol. The number of carbonyl (C=O) groups is 2. The van der Waals surface area contributed by atoms with Gasteiger partial charge in [0.1, 0.15) is 6.54 Å². The molecule has 9 heteroatoms. The van der Waals surface area contributed by atoms with Gasteiger partial charge >= 0.3 is 12.0 Å². The van der Waals surface area contributed by atoms with Crippen LogP contribution in [-0.4, -0.2) is 60.4 Å². The number of aliphatic hydroxyl groups excluding tert-OH is 1. The Labute approximate surface area is 248 Å². The SMILES string of the molecule is CCOC(=O)CNC(=O)Nc1ccc([C@H]2O[C@@H](CN3CC4(C)CC3CC(C)(C)C4)C[C@@H](c3ccc(CO)cc3)O2)cc1. The zero-order valence-electron chi connectivity index (χ0n) is 25.2. The van der Waals surface area contributed by atoms with Gasteiger partial charge in [-0.05, 0) is 60.3 Å². The minimum absolute atomic E-state index is 0.00681. The summed E-state index contributed by atoms with van der Waals surface area (Å²) in [5.74, 6) is -0.486. The number of rotatable bonds is 9. The van der Waals surface area contributed by atoms with Gasteiger partial charge in [0, 0.05) is 36.8 Å². The zero-order chi connectivity index (χ0) is 29.9. The molecule has 1 saturated carbocycles. The summed E-state index contributed by atoms with van der Waals surface area (Å²) in [5, 5.41) is 14.7. The molecule has 2 amide bonds. The molecule has 0 radical (unpaired) electrons. The number of esters is 1. The molecule has 0 aromatic heterocycles. The maximum atomic E-state index is 12.2. The Morgan fingerprint density at radius 2 is 1.74 bits per heavy atom. The Bertz CT molecular complexity index is 1230. The molecule has 3 aliphatic rings. The maximum absolute atomic E-state index is 12.2. The summed E-state index contributed by atoms with van der Waals surface area (Å²) in [4.78, 5) is 26.4. The van der Waals surface area contributed by atoms with Gasteiger partial charge in [0.2, 0.25) is 0 Å². The summed E-state index contributed by atoms with van der Waals surface area (Å²) in [6.07, 6.45) is 3.74. The van der Waals surface area contributed by atoms with Crippen LogP contribution in [0.15, 0.2) is 48.5 Å². The first-order valence-electron chi connectivity index (χ1n) is 15.1. The number of amides is 2. The number of aliphatic hydroxyl groups is 1. The average Bonchev–Trinajstić information content (AvgIpc) is 3.19. The summed E-state index contributed by atoms with van der Waals surface area (Å²) < 4.78 is 18.0. The van der Waals surface area contributed by atoms with E-state index in [1.807, 2.05) is 36.4 Å². The molecule has 9 nitrogen and oxygen atoms in total. The highest BCUT2D eigenvalue weighted by molar-refractivity contribution is 5.91. The van der Waals surface area contributed by atoms with Crippen molar-refractivity contribution in [2.24, 2.45) is 10.8 Å². The van der Waals surface area contributed by atoms with Crippen molar-refractivity contribution in [2.45, 2.75) is 84.5 Å². The highest BCUT2D eigenvalue weighted by atomic mass is 16.7. The lowest BCUT2D eigenvalue weighted by Gasteiger charge is -2.41. The summed E-state index contributed by atoms with van der Waals surface area (Å²) >= 11 is 0. The quantitative estimate of drug-likeness (QED) is 0.346. The fourth-order valence-electron chi connectivity index (χ4n) is 7.35. The Balaban J connectivity index is 1.28. The second kappa shape index (κ2) is 12.7. The molecule has 2 heterocycles. The van der Waals surface area contributed by atoms with E-state index in [4.69, 9.17) is 14.2 Å². The van der Waals surface area contributed by atoms with E-state index in [2.05, 4.69) is 36.3 Å². The zero-order valence-corrected chi connectivity index (χ0v) is 25.2. The number of hydrogen-bond donors (Lipinski definition) is 3. The predicted octanol–water partition coefficient (Wildman–Crippen LogP) is 5.31. The largest absolute Gasteiger partial charge is 0.465 e. The van der Waals surface area contributed by atoms with Crippen molar-refractivity contribution >= 4 is 17.7 Å². The fraction of sp³-hybridized carbons (Fsp3) is 0.576. The minimum atomic E-state index is -0.563. The van der Waals surface area contributed by atoms with Gasteiger partial charge in [0.25, 0.3) is 0 Å². The predicted molar refractivity (Wildman–Crippen MR) is 160 cm³/mol. The van der Waals surface area contributed by atoms with Gasteiger partial charge in [0.15, 0.2) is 6.29 Å². The maximum Gasteiger partial charge on any atom is 0.325 e. The van der Waals surface area contributed by atoms with E-state index in [1.165, 1.54) is 19.3 Å². The van der Waals surface area contributed by atoms with Gasteiger partial charge in [-0.1, -0.05) is 57.2 Å². The van der Waals surface area contributed by atoms with E-state index < -0.39 is 18.3 Å². The van der Waals surface area contributed by atoms with Gasteiger partial charge in [-0.3, -0.25) is 9.69 Å². The van der Waals surface area contributed by atoms with Crippen LogP contribution in [0.5, 0.6) is 0 Å². The van der Waals surface area contributed by atoms with Crippen LogP contribution in [0.25, 0.3) is 0 Å². The van der Waals surface area contributed by atoms with Crippen LogP contribution in [0.2, 0.25) is 0 Å². The van der Waals surface area contributed by atoms with Crippen LogP contribution in [0.1, 0.15) is 82.5 Å². The number of likely N-dealkylation sites (tertiary alicyclic amines) is 1. The van der Waals surface area contributed by atoms with Crippen molar-refractivity contribution in [1.82, 2.24) is 10.2 Å². The molecule has 5 rings (SSSR count). The second-order valence-corrected chi connectivity index (χ2v) is 13.2. The third kappa shape index (κ3) is 7.50. The van der Waals surface area contributed by atoms with Crippen LogP contribution in [0.3, 0.4) is 0 Å². The highest BCUT2D eigenvalue weighted by Crippen LogP contribution is 2.53. The molecule has 2 aliphatic heterocycles. The van der Waals surface area contributed by atoms with E-state index >= 15 is 0 Å². The topological polar surface area (TPSA) is 109 Å². The first-order chi connectivity index (χ1) is 20.0. The van der Waals surface area contributed by atoms with Crippen LogP contribution in [-0.2, 0) is 25.6 Å². The third-order valence-corrected chi connectivity index (χ3v) is 8.72. The van der Waals surface area contributed by atoms with Crippen molar-refractivity contribution in [3.8, 4) is 0 Å². The lowest BCUT2D eigenvalue weighted by atomic mass is 9.65. The molecule has 1 aliphatic carbocycles. The number of nitrogens with zero attached hydrogens (tertiary/aromatic N) is 1. The first-order valence-corrected chi connectivity index (χ1v) is 15.1. The van der Waals surface area contributed by atoms with Gasteiger partial charge in [-0.2, -0.15) is 0 Å². The Morgan fingerprint density at radius 1 is 1.02 bits per heavy atom. The molecule has 5 atom stereocenters. The Hall–Kier alpha value is -2.98. The van der Waals surface area contributed by atoms with E-state index in [0.717, 1.165) is 36.2 Å². The van der Waals surface area contributed by atoms with Crippen LogP contribution in [0.4, 0.5) is 10.5 Å². The number of benzene rings is 2. The second-order valence-electron chi connectivity index (χ2n) is 13.2. The number of nitrogens with one attached hydrogen (secondary N) is 2. The van der Waals surface area contributed by atoms with Crippen LogP contribution < -0.4 is 10.6 Å². The number of fused-ring (bicyclic) bond motifs is 2. The summed E-state index contributed by atoms with van der Waals surface area (Å²) in [7, 11) is 0. The minimum Gasteiger partial charge on any atom is -0.465 e. The van der Waals surface area contributed by atoms with E-state index in [9.17, 15) is 14.7 Å². The number of carbonyl (C=O) groups excluding carboxylic acids is 2. The molecule has 2 unspecified atom stereocenters. The van der Waals surface area contributed by atoms with Gasteiger partial charge in [0.05, 0.1) is 25.4 Å². The van der Waals surface area contributed by atoms with Gasteiger partial charge in [-0.15, -0.1) is 0 Å². The molecule has 2 aromatic rings. The van der Waals surface area contributed by atoms with Crippen molar-refractivity contribution in [3.63, 3.8) is 0 Å². The molecule has 2 aromatic carbocycles. The number of anilines is 1. The normalized spacial score (nSPS) is 28.7. The lowest BCUT2D eigenvalue weighted by Crippen LogP contribution is -2.42. The Kier molecular flexibility index (Phi) is 9.23. The third-order valence-electron chi connectivity index (χ3n) is 8.72. The highest BCUT2D eigenvalue weighted by Gasteiger charge is 2.50. The summed E-state index contributed by atoms with van der Waals surface area (Å²) in [6, 6.07) is 15.4. The molecule has 42 heavy (non-hydrogen) atoms. The standard InChI is InChI=1S/C33H45N3O6/c1-5-40-29(38)17-34-31(39)35-25-12-10-24(11-13-25)30-41-27(14-28(42-30)23-8-6-22(19-37)7-9-23)18-36-21-33(4)16-26(36)15-32(2,3)20-33/h6-13,26-28,30,37H,5,14-21H2,1-4H3,(H2,34,35,39)/t26?,27-,28+,30+,33?/m1/s1. The van der Waals surface area contributed by atoms with Crippen molar-refractivity contribution in [3.05, 3.63) is 65.2 Å². The van der Waals surface area contributed by atoms with Crippen molar-refractivity contribution in [1.29, 1.82) is 0 Å². The molecule has 228 valence electrons. The average molecular weight is 580 g/mol. The van der Waals surface area contributed by atoms with Gasteiger partial charge in [-0.25, -0.2) is 4.79 Å². The van der Waals surface area contributed by atoms with Gasteiger partial charge < -0.3 is 30.0 Å². The molecule has 3 fully saturated rings. The Morgan fingerprint density at radius 3 is 2.43 bits per heavy atom. The summed E-state index contributed by atoms with van der Waals surface area (Å²) in [5.41, 5.74) is 4.09.